The molecule has 114 valence electrons. The Bertz CT molecular complexity index is 521. The van der Waals surface area contributed by atoms with E-state index in [1.165, 1.54) is 24.2 Å². The number of sulfonamides is 1. The van der Waals surface area contributed by atoms with Crippen molar-refractivity contribution in [2.75, 3.05) is 6.54 Å². The zero-order valence-corrected chi connectivity index (χ0v) is 13.8. The minimum atomic E-state index is -3.34. The summed E-state index contributed by atoms with van der Waals surface area (Å²) in [7, 11) is -3.34. The van der Waals surface area contributed by atoms with Crippen LogP contribution in [0.15, 0.2) is 16.3 Å². The average molecular weight is 316 g/mol. The largest absolute Gasteiger partial charge is 0.314 e. The van der Waals surface area contributed by atoms with E-state index < -0.39 is 10.0 Å². The Morgan fingerprint density at radius 1 is 1.40 bits per heavy atom. The topological polar surface area (TPSA) is 58.2 Å². The van der Waals surface area contributed by atoms with Gasteiger partial charge in [0.05, 0.1) is 0 Å². The van der Waals surface area contributed by atoms with E-state index in [2.05, 4.69) is 17.0 Å². The summed E-state index contributed by atoms with van der Waals surface area (Å²) in [5.74, 6) is 0. The fourth-order valence-electron chi connectivity index (χ4n) is 2.14. The zero-order valence-electron chi connectivity index (χ0n) is 12.2. The first kappa shape index (κ1) is 15.9. The molecule has 1 heterocycles. The molecule has 1 aromatic rings. The second kappa shape index (κ2) is 7.02. The summed E-state index contributed by atoms with van der Waals surface area (Å²) in [5.41, 5.74) is 0. The fourth-order valence-corrected chi connectivity index (χ4v) is 4.79. The average Bonchev–Trinajstić information content (AvgIpc) is 3.04. The molecule has 1 aliphatic rings. The lowest BCUT2D eigenvalue weighted by atomic mass is 10.2. The monoisotopic (exact) mass is 316 g/mol. The Morgan fingerprint density at radius 2 is 2.15 bits per heavy atom. The van der Waals surface area contributed by atoms with E-state index in [9.17, 15) is 8.42 Å². The molecule has 1 aromatic heterocycles. The van der Waals surface area contributed by atoms with Crippen LogP contribution in [0.4, 0.5) is 0 Å². The molecule has 20 heavy (non-hydrogen) atoms. The Morgan fingerprint density at radius 3 is 2.80 bits per heavy atom. The molecular weight excluding hydrogens is 292 g/mol. The SMILES string of the molecule is CCCC(C)NS(=O)(=O)c1ccc(CCNC2CC2)s1. The first-order valence-electron chi connectivity index (χ1n) is 7.35. The molecule has 0 radical (unpaired) electrons. The third kappa shape index (κ3) is 4.84. The summed E-state index contributed by atoms with van der Waals surface area (Å²) >= 11 is 1.38. The minimum absolute atomic E-state index is 0.00733. The zero-order chi connectivity index (χ0) is 14.6. The number of thiophene rings is 1. The van der Waals surface area contributed by atoms with E-state index in [-0.39, 0.29) is 6.04 Å². The predicted octanol–water partition coefficient (Wildman–Crippen LogP) is 2.51. The van der Waals surface area contributed by atoms with Gasteiger partial charge < -0.3 is 5.32 Å². The van der Waals surface area contributed by atoms with Gasteiger partial charge in [0, 0.05) is 23.5 Å². The van der Waals surface area contributed by atoms with Crippen LogP contribution in [-0.2, 0) is 16.4 Å². The van der Waals surface area contributed by atoms with Crippen LogP contribution in [0, 0.1) is 0 Å². The Balaban J connectivity index is 1.88. The molecular formula is C14H24N2O2S2. The Kier molecular flexibility index (Phi) is 5.60. The molecule has 0 aromatic carbocycles. The van der Waals surface area contributed by atoms with Gasteiger partial charge in [0.2, 0.25) is 10.0 Å². The van der Waals surface area contributed by atoms with Crippen LogP contribution in [0.2, 0.25) is 0 Å². The second-order valence-electron chi connectivity index (χ2n) is 5.51. The van der Waals surface area contributed by atoms with Crippen LogP contribution < -0.4 is 10.0 Å². The van der Waals surface area contributed by atoms with Gasteiger partial charge in [-0.05, 0) is 44.7 Å². The minimum Gasteiger partial charge on any atom is -0.314 e. The van der Waals surface area contributed by atoms with Crippen LogP contribution >= 0.6 is 11.3 Å². The van der Waals surface area contributed by atoms with Gasteiger partial charge in [0.1, 0.15) is 4.21 Å². The van der Waals surface area contributed by atoms with E-state index >= 15 is 0 Å². The summed E-state index contributed by atoms with van der Waals surface area (Å²) in [6.45, 7) is 4.90. The molecule has 0 aliphatic heterocycles. The molecule has 6 heteroatoms. The van der Waals surface area contributed by atoms with Crippen molar-refractivity contribution in [1.82, 2.24) is 10.0 Å². The summed E-state index contributed by atoms with van der Waals surface area (Å²) in [4.78, 5) is 1.13. The third-order valence-electron chi connectivity index (χ3n) is 3.36. The maximum absolute atomic E-state index is 12.2. The van der Waals surface area contributed by atoms with E-state index in [4.69, 9.17) is 0 Å². The Labute approximate surface area is 126 Å². The van der Waals surface area contributed by atoms with Gasteiger partial charge in [-0.25, -0.2) is 13.1 Å². The lowest BCUT2D eigenvalue weighted by Crippen LogP contribution is -2.31. The van der Waals surface area contributed by atoms with E-state index in [0.717, 1.165) is 30.7 Å². The van der Waals surface area contributed by atoms with Crippen molar-refractivity contribution in [2.24, 2.45) is 0 Å². The number of hydrogen-bond donors (Lipinski definition) is 2. The molecule has 2 N–H and O–H groups in total. The highest BCUT2D eigenvalue weighted by Gasteiger charge is 2.21. The third-order valence-corrected chi connectivity index (χ3v) is 6.59. The van der Waals surface area contributed by atoms with Gasteiger partial charge in [-0.2, -0.15) is 0 Å². The van der Waals surface area contributed by atoms with E-state index in [1.807, 2.05) is 13.0 Å². The van der Waals surface area contributed by atoms with Crippen LogP contribution in [0.3, 0.4) is 0 Å². The van der Waals surface area contributed by atoms with Gasteiger partial charge in [0.15, 0.2) is 0 Å². The first-order chi connectivity index (χ1) is 9.51. The molecule has 1 atom stereocenters. The molecule has 2 rings (SSSR count). The molecule has 0 spiro atoms. The lowest BCUT2D eigenvalue weighted by molar-refractivity contribution is 0.545. The summed E-state index contributed by atoms with van der Waals surface area (Å²) < 4.78 is 27.6. The van der Waals surface area contributed by atoms with E-state index in [0.29, 0.717) is 10.3 Å². The molecule has 1 aliphatic carbocycles. The highest BCUT2D eigenvalue weighted by Crippen LogP contribution is 2.23. The number of nitrogens with one attached hydrogen (secondary N) is 2. The molecule has 4 nitrogen and oxygen atoms in total. The summed E-state index contributed by atoms with van der Waals surface area (Å²) in [6.07, 6.45) is 5.31. The van der Waals surface area contributed by atoms with Gasteiger partial charge in [-0.1, -0.05) is 13.3 Å². The van der Waals surface area contributed by atoms with Gasteiger partial charge in [0.25, 0.3) is 0 Å². The van der Waals surface area contributed by atoms with Gasteiger partial charge in [-0.15, -0.1) is 11.3 Å². The smallest absolute Gasteiger partial charge is 0.250 e. The fraction of sp³-hybridized carbons (Fsp3) is 0.714. The van der Waals surface area contributed by atoms with E-state index in [1.54, 1.807) is 6.07 Å². The van der Waals surface area contributed by atoms with Crippen LogP contribution in [0.5, 0.6) is 0 Å². The molecule has 1 unspecified atom stereocenters. The standard InChI is InChI=1S/C14H24N2O2S2/c1-3-4-11(2)16-20(17,18)14-8-7-13(19-14)9-10-15-12-5-6-12/h7-8,11-12,15-16H,3-6,9-10H2,1-2H3. The molecule has 0 saturated heterocycles. The van der Waals surface area contributed by atoms with Gasteiger partial charge in [-0.3, -0.25) is 0 Å². The maximum atomic E-state index is 12.2. The van der Waals surface area contributed by atoms with Crippen LogP contribution in [-0.4, -0.2) is 27.0 Å². The summed E-state index contributed by atoms with van der Waals surface area (Å²) in [5, 5.41) is 3.44. The summed E-state index contributed by atoms with van der Waals surface area (Å²) in [6, 6.07) is 4.35. The number of hydrogen-bond acceptors (Lipinski definition) is 4. The van der Waals surface area contributed by atoms with Crippen molar-refractivity contribution in [3.8, 4) is 0 Å². The van der Waals surface area contributed by atoms with Crippen molar-refractivity contribution < 1.29 is 8.42 Å². The van der Waals surface area contributed by atoms with Crippen LogP contribution in [0.1, 0.15) is 44.4 Å². The van der Waals surface area contributed by atoms with Crippen molar-refractivity contribution in [1.29, 1.82) is 0 Å². The predicted molar refractivity (Wildman–Crippen MR) is 83.7 cm³/mol. The number of rotatable bonds is 9. The molecule has 1 saturated carbocycles. The Hall–Kier alpha value is -0.430. The highest BCUT2D eigenvalue weighted by atomic mass is 32.2. The maximum Gasteiger partial charge on any atom is 0.250 e. The van der Waals surface area contributed by atoms with Crippen molar-refractivity contribution >= 4 is 21.4 Å². The molecule has 1 fully saturated rings. The van der Waals surface area contributed by atoms with Crippen molar-refractivity contribution in [3.63, 3.8) is 0 Å². The van der Waals surface area contributed by atoms with Crippen molar-refractivity contribution in [3.05, 3.63) is 17.0 Å². The van der Waals surface area contributed by atoms with Gasteiger partial charge >= 0.3 is 0 Å². The normalized spacial score (nSPS) is 17.3. The molecule has 0 amide bonds. The second-order valence-corrected chi connectivity index (χ2v) is 8.62. The quantitative estimate of drug-likeness (QED) is 0.736. The first-order valence-corrected chi connectivity index (χ1v) is 9.65. The van der Waals surface area contributed by atoms with Crippen LogP contribution in [0.25, 0.3) is 0 Å². The highest BCUT2D eigenvalue weighted by molar-refractivity contribution is 7.91. The lowest BCUT2D eigenvalue weighted by Gasteiger charge is -2.11. The van der Waals surface area contributed by atoms with Crippen molar-refractivity contribution in [2.45, 2.75) is 62.2 Å². The molecule has 0 bridgehead atoms.